The molecule has 0 aliphatic rings. The molecule has 0 spiro atoms. The molecule has 0 atom stereocenters. The van der Waals surface area contributed by atoms with Crippen LogP contribution in [0, 0.1) is 0 Å². The molecule has 3 rings (SSSR count). The Morgan fingerprint density at radius 3 is 2.94 bits per heavy atom. The van der Waals surface area contributed by atoms with Crippen LogP contribution in [0.1, 0.15) is 9.67 Å². The van der Waals surface area contributed by atoms with E-state index in [0.29, 0.717) is 4.88 Å². The highest BCUT2D eigenvalue weighted by Gasteiger charge is 2.09. The zero-order valence-electron chi connectivity index (χ0n) is 8.68. The molecule has 1 aromatic carbocycles. The van der Waals surface area contributed by atoms with Gasteiger partial charge in [0.05, 0.1) is 17.4 Å². The van der Waals surface area contributed by atoms with Crippen LogP contribution in [0.3, 0.4) is 0 Å². The molecule has 0 saturated heterocycles. The van der Waals surface area contributed by atoms with Gasteiger partial charge < -0.3 is 10.1 Å². The van der Waals surface area contributed by atoms with E-state index in [9.17, 15) is 4.79 Å². The molecule has 0 saturated carbocycles. The Hall–Kier alpha value is -2.14. The lowest BCUT2D eigenvalue weighted by atomic mass is 10.1. The molecule has 17 heavy (non-hydrogen) atoms. The van der Waals surface area contributed by atoms with Crippen LogP contribution in [0.2, 0.25) is 0 Å². The Balaban J connectivity index is 2.09. The number of thiophene rings is 1. The third-order valence-corrected chi connectivity index (χ3v) is 3.64. The summed E-state index contributed by atoms with van der Waals surface area (Å²) in [4.78, 5) is 19.3. The summed E-state index contributed by atoms with van der Waals surface area (Å²) in [6, 6.07) is 9.28. The van der Waals surface area contributed by atoms with Crippen LogP contribution in [0.15, 0.2) is 36.7 Å². The van der Waals surface area contributed by atoms with Crippen LogP contribution < -0.4 is 0 Å². The van der Waals surface area contributed by atoms with E-state index >= 15 is 0 Å². The third-order valence-electron chi connectivity index (χ3n) is 2.52. The summed E-state index contributed by atoms with van der Waals surface area (Å²) in [5.74, 6) is -0.885. The van der Waals surface area contributed by atoms with Gasteiger partial charge in [-0.1, -0.05) is 6.07 Å². The number of benzene rings is 1. The van der Waals surface area contributed by atoms with Crippen LogP contribution in [0.4, 0.5) is 0 Å². The second kappa shape index (κ2) is 3.71. The highest BCUT2D eigenvalue weighted by molar-refractivity contribution is 7.17. The molecule has 0 aliphatic heterocycles. The summed E-state index contributed by atoms with van der Waals surface area (Å²) in [7, 11) is 0. The minimum absolute atomic E-state index is 0.352. The molecule has 4 nitrogen and oxygen atoms in total. The normalized spacial score (nSPS) is 10.8. The molecule has 5 heteroatoms. The summed E-state index contributed by atoms with van der Waals surface area (Å²) in [5.41, 5.74) is 2.86. The zero-order valence-corrected chi connectivity index (χ0v) is 9.49. The standard InChI is InChI=1S/C12H8N2O2S/c15-12(16)11-4-3-10(17-11)7-1-2-8-9(5-7)14-6-13-8/h1-6H,(H,13,14)(H,15,16). The first-order valence-corrected chi connectivity index (χ1v) is 5.82. The Bertz CT molecular complexity index is 699. The summed E-state index contributed by atoms with van der Waals surface area (Å²) in [5, 5.41) is 8.88. The Kier molecular flexibility index (Phi) is 2.19. The number of nitrogens with zero attached hydrogens (tertiary/aromatic N) is 1. The predicted octanol–water partition coefficient (Wildman–Crippen LogP) is 2.99. The van der Waals surface area contributed by atoms with Crippen LogP contribution >= 0.6 is 11.3 Å². The van der Waals surface area contributed by atoms with Crippen molar-refractivity contribution in [3.63, 3.8) is 0 Å². The van der Waals surface area contributed by atoms with Crippen molar-refractivity contribution in [2.45, 2.75) is 0 Å². The number of hydrogen-bond donors (Lipinski definition) is 2. The number of aromatic carboxylic acids is 1. The van der Waals surface area contributed by atoms with Gasteiger partial charge in [0.2, 0.25) is 0 Å². The van der Waals surface area contributed by atoms with Gasteiger partial charge in [0, 0.05) is 4.88 Å². The number of imidazole rings is 1. The van der Waals surface area contributed by atoms with Gasteiger partial charge in [-0.2, -0.15) is 0 Å². The maximum absolute atomic E-state index is 10.8. The van der Waals surface area contributed by atoms with Crippen molar-refractivity contribution in [1.29, 1.82) is 0 Å². The van der Waals surface area contributed by atoms with E-state index in [1.165, 1.54) is 11.3 Å². The van der Waals surface area contributed by atoms with Crippen LogP contribution in [0.25, 0.3) is 21.5 Å². The average molecular weight is 244 g/mol. The SMILES string of the molecule is O=C(O)c1ccc(-c2ccc3nc[nH]c3c2)s1. The lowest BCUT2D eigenvalue weighted by Gasteiger charge is -1.96. The van der Waals surface area contributed by atoms with Gasteiger partial charge in [-0.15, -0.1) is 11.3 Å². The maximum Gasteiger partial charge on any atom is 0.345 e. The van der Waals surface area contributed by atoms with Crippen LogP contribution in [-0.2, 0) is 0 Å². The van der Waals surface area contributed by atoms with E-state index in [1.807, 2.05) is 24.3 Å². The molecule has 3 aromatic rings. The third kappa shape index (κ3) is 1.70. The molecule has 0 amide bonds. The van der Waals surface area contributed by atoms with Crippen molar-refractivity contribution in [3.8, 4) is 10.4 Å². The average Bonchev–Trinajstić information content (AvgIpc) is 2.97. The molecular formula is C12H8N2O2S. The number of fused-ring (bicyclic) bond motifs is 1. The van der Waals surface area contributed by atoms with Gasteiger partial charge in [0.1, 0.15) is 4.88 Å². The van der Waals surface area contributed by atoms with Crippen molar-refractivity contribution >= 4 is 28.3 Å². The first-order chi connectivity index (χ1) is 8.24. The van der Waals surface area contributed by atoms with Gasteiger partial charge in [-0.05, 0) is 29.8 Å². The Labute approximate surface area is 101 Å². The molecule has 2 aromatic heterocycles. The van der Waals surface area contributed by atoms with Gasteiger partial charge in [0.25, 0.3) is 0 Å². The largest absolute Gasteiger partial charge is 0.477 e. The minimum Gasteiger partial charge on any atom is -0.477 e. The lowest BCUT2D eigenvalue weighted by molar-refractivity contribution is 0.0702. The lowest BCUT2D eigenvalue weighted by Crippen LogP contribution is -1.89. The number of aromatic amines is 1. The van der Waals surface area contributed by atoms with E-state index in [4.69, 9.17) is 5.11 Å². The monoisotopic (exact) mass is 244 g/mol. The zero-order chi connectivity index (χ0) is 11.8. The molecule has 0 unspecified atom stereocenters. The fraction of sp³-hybridized carbons (Fsp3) is 0. The smallest absolute Gasteiger partial charge is 0.345 e. The van der Waals surface area contributed by atoms with Crippen molar-refractivity contribution in [3.05, 3.63) is 41.5 Å². The minimum atomic E-state index is -0.885. The van der Waals surface area contributed by atoms with Crippen molar-refractivity contribution < 1.29 is 9.90 Å². The first-order valence-electron chi connectivity index (χ1n) is 5.01. The topological polar surface area (TPSA) is 66.0 Å². The Morgan fingerprint density at radius 1 is 1.29 bits per heavy atom. The highest BCUT2D eigenvalue weighted by atomic mass is 32.1. The Morgan fingerprint density at radius 2 is 2.18 bits per heavy atom. The number of rotatable bonds is 2. The quantitative estimate of drug-likeness (QED) is 0.728. The molecule has 0 bridgehead atoms. The summed E-state index contributed by atoms with van der Waals surface area (Å²) in [6.45, 7) is 0. The summed E-state index contributed by atoms with van der Waals surface area (Å²) >= 11 is 1.27. The van der Waals surface area contributed by atoms with E-state index < -0.39 is 5.97 Å². The highest BCUT2D eigenvalue weighted by Crippen LogP contribution is 2.29. The number of H-pyrrole nitrogens is 1. The number of carbonyl (C=O) groups is 1. The first kappa shape index (κ1) is 10.0. The maximum atomic E-state index is 10.8. The van der Waals surface area contributed by atoms with Gasteiger partial charge >= 0.3 is 5.97 Å². The fourth-order valence-corrected chi connectivity index (χ4v) is 2.54. The van der Waals surface area contributed by atoms with Gasteiger partial charge in [0.15, 0.2) is 0 Å². The number of carboxylic acid groups (broad SMARTS) is 1. The number of carboxylic acids is 1. The predicted molar refractivity (Wildman–Crippen MR) is 66.4 cm³/mol. The molecule has 2 heterocycles. The van der Waals surface area contributed by atoms with Crippen LogP contribution in [-0.4, -0.2) is 21.0 Å². The van der Waals surface area contributed by atoms with E-state index in [1.54, 1.807) is 12.4 Å². The summed E-state index contributed by atoms with van der Waals surface area (Å²) < 4.78 is 0. The molecule has 2 N–H and O–H groups in total. The van der Waals surface area contributed by atoms with Gasteiger partial charge in [-0.3, -0.25) is 0 Å². The van der Waals surface area contributed by atoms with E-state index in [-0.39, 0.29) is 0 Å². The number of hydrogen-bond acceptors (Lipinski definition) is 3. The molecular weight excluding hydrogens is 236 g/mol. The second-order valence-electron chi connectivity index (χ2n) is 3.60. The molecule has 0 aliphatic carbocycles. The molecule has 0 radical (unpaired) electrons. The van der Waals surface area contributed by atoms with Gasteiger partial charge in [-0.25, -0.2) is 9.78 Å². The summed E-state index contributed by atoms with van der Waals surface area (Å²) in [6.07, 6.45) is 1.64. The molecule has 0 fully saturated rings. The van der Waals surface area contributed by atoms with Crippen molar-refractivity contribution in [2.24, 2.45) is 0 Å². The second-order valence-corrected chi connectivity index (χ2v) is 4.69. The molecule has 84 valence electrons. The van der Waals surface area contributed by atoms with E-state index in [2.05, 4.69) is 9.97 Å². The fourth-order valence-electron chi connectivity index (χ4n) is 1.70. The van der Waals surface area contributed by atoms with Crippen molar-refractivity contribution in [2.75, 3.05) is 0 Å². The van der Waals surface area contributed by atoms with Crippen LogP contribution in [0.5, 0.6) is 0 Å². The number of aromatic nitrogens is 2. The van der Waals surface area contributed by atoms with E-state index in [0.717, 1.165) is 21.5 Å². The number of nitrogens with one attached hydrogen (secondary N) is 1. The van der Waals surface area contributed by atoms with Crippen molar-refractivity contribution in [1.82, 2.24) is 9.97 Å².